The third kappa shape index (κ3) is 6.14. The van der Waals surface area contributed by atoms with Gasteiger partial charge >= 0.3 is 7.60 Å². The minimum atomic E-state index is -4.07. The monoisotopic (exact) mass is 454 g/mol. The Morgan fingerprint density at radius 3 is 1.66 bits per heavy atom. The van der Waals surface area contributed by atoms with Gasteiger partial charge in [-0.1, -0.05) is 91.0 Å². The van der Waals surface area contributed by atoms with Gasteiger partial charge in [-0.05, 0) is 16.7 Å². The van der Waals surface area contributed by atoms with Gasteiger partial charge in [0.2, 0.25) is 0 Å². The summed E-state index contributed by atoms with van der Waals surface area (Å²) in [6.07, 6.45) is -1.33. The van der Waals surface area contributed by atoms with Gasteiger partial charge in [0.25, 0.3) is 0 Å². The lowest BCUT2D eigenvalue weighted by Crippen LogP contribution is -2.48. The number of benzene rings is 3. The second-order valence-corrected chi connectivity index (χ2v) is 9.54. The Morgan fingerprint density at radius 2 is 1.16 bits per heavy atom. The molecule has 0 aromatic heterocycles. The molecule has 168 valence electrons. The maximum absolute atomic E-state index is 12.9. The molecule has 6 nitrogen and oxygen atoms in total. The van der Waals surface area contributed by atoms with E-state index in [0.717, 1.165) is 16.7 Å². The van der Waals surface area contributed by atoms with E-state index in [-0.39, 0.29) is 19.8 Å². The molecular weight excluding hydrogens is 427 g/mol. The lowest BCUT2D eigenvalue weighted by atomic mass is 10.2. The van der Waals surface area contributed by atoms with E-state index in [0.29, 0.717) is 6.61 Å². The minimum Gasteiger partial charge on any atom is -0.368 e. The van der Waals surface area contributed by atoms with Crippen LogP contribution in [0.1, 0.15) is 16.7 Å². The Labute approximate surface area is 188 Å². The first-order valence-electron chi connectivity index (χ1n) is 10.6. The van der Waals surface area contributed by atoms with Crippen LogP contribution in [0.15, 0.2) is 91.0 Å². The van der Waals surface area contributed by atoms with Crippen molar-refractivity contribution in [2.75, 3.05) is 6.61 Å². The van der Waals surface area contributed by atoms with Crippen LogP contribution in [0.25, 0.3) is 0 Å². The van der Waals surface area contributed by atoms with Crippen molar-refractivity contribution in [2.24, 2.45) is 0 Å². The van der Waals surface area contributed by atoms with Gasteiger partial charge in [-0.15, -0.1) is 0 Å². The van der Waals surface area contributed by atoms with Crippen molar-refractivity contribution in [3.05, 3.63) is 108 Å². The van der Waals surface area contributed by atoms with Crippen molar-refractivity contribution >= 4 is 7.60 Å². The molecule has 3 aromatic carbocycles. The van der Waals surface area contributed by atoms with Crippen LogP contribution in [-0.4, -0.2) is 29.6 Å². The van der Waals surface area contributed by atoms with Crippen LogP contribution in [0.5, 0.6) is 0 Å². The third-order valence-electron chi connectivity index (χ3n) is 5.25. The number of rotatable bonds is 9. The van der Waals surface area contributed by atoms with Gasteiger partial charge in [-0.3, -0.25) is 4.57 Å². The predicted octanol–water partition coefficient (Wildman–Crippen LogP) is 4.92. The third-order valence-corrected chi connectivity index (χ3v) is 6.85. The van der Waals surface area contributed by atoms with Crippen LogP contribution in [0, 0.1) is 0 Å². The topological polar surface area (TPSA) is 74.2 Å². The molecule has 7 heteroatoms. The molecule has 1 heterocycles. The molecule has 32 heavy (non-hydrogen) atoms. The highest BCUT2D eigenvalue weighted by Crippen LogP contribution is 2.54. The van der Waals surface area contributed by atoms with Gasteiger partial charge in [0.15, 0.2) is 5.85 Å². The fraction of sp³-hybridized carbons (Fsp3) is 0.280. The van der Waals surface area contributed by atoms with Gasteiger partial charge in [0.05, 0.1) is 26.4 Å². The van der Waals surface area contributed by atoms with Gasteiger partial charge in [-0.25, -0.2) is 0 Å². The zero-order valence-electron chi connectivity index (χ0n) is 17.7. The van der Waals surface area contributed by atoms with Crippen LogP contribution in [-0.2, 0) is 43.1 Å². The summed E-state index contributed by atoms with van der Waals surface area (Å²) < 4.78 is 36.4. The van der Waals surface area contributed by atoms with Gasteiger partial charge < -0.3 is 23.6 Å². The average Bonchev–Trinajstić information content (AvgIpc) is 2.83. The lowest BCUT2D eigenvalue weighted by molar-refractivity contribution is -0.159. The molecule has 1 fully saturated rings. The van der Waals surface area contributed by atoms with Crippen molar-refractivity contribution in [3.63, 3.8) is 0 Å². The molecular formula is C25H27O6P. The summed E-state index contributed by atoms with van der Waals surface area (Å²) in [6.45, 7) is 0.713. The van der Waals surface area contributed by atoms with Crippen LogP contribution in [0.2, 0.25) is 0 Å². The molecule has 1 aliphatic heterocycles. The maximum atomic E-state index is 12.9. The summed E-state index contributed by atoms with van der Waals surface area (Å²) in [5.41, 5.74) is 2.84. The summed E-state index contributed by atoms with van der Waals surface area (Å²) in [4.78, 5) is 10.6. The normalized spacial score (nSPS) is 25.5. The lowest BCUT2D eigenvalue weighted by Gasteiger charge is -2.39. The first kappa shape index (κ1) is 22.9. The van der Waals surface area contributed by atoms with Gasteiger partial charge in [0.1, 0.15) is 12.2 Å². The summed E-state index contributed by atoms with van der Waals surface area (Å²) in [5.74, 6) is -1.17. The van der Waals surface area contributed by atoms with E-state index < -0.39 is 25.6 Å². The maximum Gasteiger partial charge on any atom is 0.359 e. The highest BCUT2D eigenvalue weighted by atomic mass is 31.2. The van der Waals surface area contributed by atoms with Crippen LogP contribution < -0.4 is 0 Å². The van der Waals surface area contributed by atoms with Crippen molar-refractivity contribution in [2.45, 2.75) is 37.9 Å². The fourth-order valence-corrected chi connectivity index (χ4v) is 4.96. The molecule has 4 rings (SSSR count). The molecule has 4 atom stereocenters. The molecule has 1 unspecified atom stereocenters. The van der Waals surface area contributed by atoms with Crippen molar-refractivity contribution in [1.82, 2.24) is 0 Å². The van der Waals surface area contributed by atoms with Gasteiger partial charge in [0, 0.05) is 0 Å². The SMILES string of the molecule is O=P1(O)OC[C@@H](OCc2ccccc2)[C@H](OCc2ccccc2)[C@H]1OCc1ccccc1. The first-order valence-corrected chi connectivity index (χ1v) is 12.2. The molecule has 1 N–H and O–H groups in total. The standard InChI is InChI=1S/C25H27O6P/c26-32(27)25(30-18-22-14-8-3-9-15-22)24(29-17-21-12-6-2-7-13-21)23(19-31-32)28-16-20-10-4-1-5-11-20/h1-15,23-25H,16-19H2,(H,26,27)/t23-,24+,25+/m1/s1. The minimum absolute atomic E-state index is 0.0503. The quantitative estimate of drug-likeness (QED) is 0.463. The Balaban J connectivity index is 1.51. The highest BCUT2D eigenvalue weighted by molar-refractivity contribution is 7.53. The molecule has 3 aromatic rings. The first-order chi connectivity index (χ1) is 15.6. The Kier molecular flexibility index (Phi) is 7.87. The Morgan fingerprint density at radius 1 is 0.719 bits per heavy atom. The van der Waals surface area contributed by atoms with Crippen LogP contribution in [0.4, 0.5) is 0 Å². The fourth-order valence-electron chi connectivity index (χ4n) is 3.54. The summed E-state index contributed by atoms with van der Waals surface area (Å²) in [7, 11) is -4.07. The number of hydrogen-bond acceptors (Lipinski definition) is 5. The van der Waals surface area contributed by atoms with E-state index >= 15 is 0 Å². The molecule has 1 saturated heterocycles. The molecule has 0 aliphatic carbocycles. The molecule has 0 bridgehead atoms. The second kappa shape index (κ2) is 11.0. The van der Waals surface area contributed by atoms with E-state index in [9.17, 15) is 9.46 Å². The zero-order valence-corrected chi connectivity index (χ0v) is 18.6. The number of hydrogen-bond donors (Lipinski definition) is 1. The average molecular weight is 454 g/mol. The van der Waals surface area contributed by atoms with Crippen molar-refractivity contribution in [3.8, 4) is 0 Å². The predicted molar refractivity (Wildman–Crippen MR) is 121 cm³/mol. The molecule has 0 amide bonds. The smallest absolute Gasteiger partial charge is 0.359 e. The highest BCUT2D eigenvalue weighted by Gasteiger charge is 2.50. The largest absolute Gasteiger partial charge is 0.368 e. The molecule has 1 aliphatic rings. The van der Waals surface area contributed by atoms with Crippen LogP contribution >= 0.6 is 7.60 Å². The molecule has 0 spiro atoms. The molecule has 0 saturated carbocycles. The van der Waals surface area contributed by atoms with E-state index in [1.165, 1.54) is 0 Å². The zero-order chi connectivity index (χ0) is 22.2. The van der Waals surface area contributed by atoms with Crippen LogP contribution in [0.3, 0.4) is 0 Å². The van der Waals surface area contributed by atoms with Gasteiger partial charge in [-0.2, -0.15) is 0 Å². The Hall–Kier alpha value is -2.31. The summed E-state index contributed by atoms with van der Waals surface area (Å²) in [6, 6.07) is 28.9. The molecule has 0 radical (unpaired) electrons. The second-order valence-electron chi connectivity index (χ2n) is 7.64. The van der Waals surface area contributed by atoms with E-state index in [1.54, 1.807) is 0 Å². The van der Waals surface area contributed by atoms with Crippen molar-refractivity contribution in [1.29, 1.82) is 0 Å². The Bertz CT molecular complexity index is 999. The van der Waals surface area contributed by atoms with E-state index in [1.807, 2.05) is 91.0 Å². The summed E-state index contributed by atoms with van der Waals surface area (Å²) in [5, 5.41) is 0. The van der Waals surface area contributed by atoms with Crippen molar-refractivity contribution < 1.29 is 28.2 Å². The summed E-state index contributed by atoms with van der Waals surface area (Å²) >= 11 is 0. The number of ether oxygens (including phenoxy) is 3. The van der Waals surface area contributed by atoms with E-state index in [4.69, 9.17) is 18.7 Å². The van der Waals surface area contributed by atoms with E-state index in [2.05, 4.69) is 0 Å².